The average Bonchev–Trinajstić information content (AvgIpc) is 2.20. The first-order chi connectivity index (χ1) is 7.54. The Kier molecular flexibility index (Phi) is 4.49. The van der Waals surface area contributed by atoms with Gasteiger partial charge in [0, 0.05) is 5.02 Å². The van der Waals surface area contributed by atoms with Gasteiger partial charge in [0.05, 0.1) is 6.61 Å². The highest BCUT2D eigenvalue weighted by atomic mass is 35.5. The molecule has 1 aromatic carbocycles. The lowest BCUT2D eigenvalue weighted by molar-refractivity contribution is -0.0504. The Labute approximate surface area is 95.9 Å². The second kappa shape index (κ2) is 5.65. The number of halogens is 3. The van der Waals surface area contributed by atoms with Crippen LogP contribution in [0.15, 0.2) is 18.2 Å². The largest absolute Gasteiger partial charge is 0.462 e. The molecule has 0 saturated heterocycles. The molecule has 3 nitrogen and oxygen atoms in total. The molecule has 0 bridgehead atoms. The van der Waals surface area contributed by atoms with Crippen molar-refractivity contribution in [1.82, 2.24) is 0 Å². The van der Waals surface area contributed by atoms with Crippen LogP contribution >= 0.6 is 11.6 Å². The maximum Gasteiger partial charge on any atom is 0.387 e. The van der Waals surface area contributed by atoms with E-state index in [2.05, 4.69) is 9.47 Å². The molecule has 0 amide bonds. The van der Waals surface area contributed by atoms with Gasteiger partial charge < -0.3 is 9.47 Å². The van der Waals surface area contributed by atoms with Crippen molar-refractivity contribution >= 4 is 17.6 Å². The Balaban J connectivity index is 3.02. The fourth-order valence-electron chi connectivity index (χ4n) is 1.07. The predicted octanol–water partition coefficient (Wildman–Crippen LogP) is 3.12. The number of benzene rings is 1. The van der Waals surface area contributed by atoms with Crippen LogP contribution in [0.1, 0.15) is 17.3 Å². The first kappa shape index (κ1) is 12.7. The number of hydrogen-bond acceptors (Lipinski definition) is 3. The van der Waals surface area contributed by atoms with Gasteiger partial charge in [-0.1, -0.05) is 11.6 Å². The SMILES string of the molecule is CCOC(=O)c1cc(Cl)ccc1OC(F)F. The Hall–Kier alpha value is -1.36. The van der Waals surface area contributed by atoms with E-state index >= 15 is 0 Å². The lowest BCUT2D eigenvalue weighted by Gasteiger charge is -2.09. The van der Waals surface area contributed by atoms with Crippen molar-refractivity contribution < 1.29 is 23.0 Å². The summed E-state index contributed by atoms with van der Waals surface area (Å²) in [5, 5.41) is 0.240. The summed E-state index contributed by atoms with van der Waals surface area (Å²) in [4.78, 5) is 11.4. The van der Waals surface area contributed by atoms with Crippen LogP contribution in [0.25, 0.3) is 0 Å². The van der Waals surface area contributed by atoms with Gasteiger partial charge in [0.1, 0.15) is 11.3 Å². The lowest BCUT2D eigenvalue weighted by atomic mass is 10.2. The first-order valence-corrected chi connectivity index (χ1v) is 4.84. The second-order valence-corrected chi connectivity index (χ2v) is 3.18. The molecular weight excluding hydrogens is 242 g/mol. The van der Waals surface area contributed by atoms with Crippen molar-refractivity contribution in [2.75, 3.05) is 6.61 Å². The summed E-state index contributed by atoms with van der Waals surface area (Å²) in [5.41, 5.74) is -0.116. The summed E-state index contributed by atoms with van der Waals surface area (Å²) in [7, 11) is 0. The van der Waals surface area contributed by atoms with Gasteiger partial charge in [-0.3, -0.25) is 0 Å². The van der Waals surface area contributed by atoms with E-state index in [9.17, 15) is 13.6 Å². The van der Waals surface area contributed by atoms with Gasteiger partial charge in [0.15, 0.2) is 0 Å². The molecule has 0 saturated carbocycles. The predicted molar refractivity (Wildman–Crippen MR) is 54.0 cm³/mol. The molecule has 0 aromatic heterocycles. The summed E-state index contributed by atoms with van der Waals surface area (Å²) < 4.78 is 32.9. The molecular formula is C10H9ClF2O3. The van der Waals surface area contributed by atoms with Gasteiger partial charge in [-0.25, -0.2) is 4.79 Å². The highest BCUT2D eigenvalue weighted by molar-refractivity contribution is 6.31. The van der Waals surface area contributed by atoms with E-state index in [0.29, 0.717) is 0 Å². The average molecular weight is 251 g/mol. The maximum atomic E-state index is 12.0. The normalized spacial score (nSPS) is 10.3. The maximum absolute atomic E-state index is 12.0. The molecule has 0 unspecified atom stereocenters. The smallest absolute Gasteiger partial charge is 0.387 e. The third-order valence-electron chi connectivity index (χ3n) is 1.65. The summed E-state index contributed by atoms with van der Waals surface area (Å²) in [6, 6.07) is 3.76. The van der Waals surface area contributed by atoms with Gasteiger partial charge in [-0.15, -0.1) is 0 Å². The van der Waals surface area contributed by atoms with Crippen LogP contribution in [-0.4, -0.2) is 19.2 Å². The van der Waals surface area contributed by atoms with Crippen LogP contribution in [0.5, 0.6) is 5.75 Å². The molecule has 1 aromatic rings. The molecule has 0 aliphatic rings. The fraction of sp³-hybridized carbons (Fsp3) is 0.300. The minimum absolute atomic E-state index is 0.116. The minimum atomic E-state index is -3.01. The summed E-state index contributed by atoms with van der Waals surface area (Å²) in [6.45, 7) is -1.26. The van der Waals surface area contributed by atoms with E-state index in [4.69, 9.17) is 11.6 Å². The summed E-state index contributed by atoms with van der Waals surface area (Å²) in [5.74, 6) is -1.00. The van der Waals surface area contributed by atoms with Crippen LogP contribution in [0, 0.1) is 0 Å². The molecule has 0 aliphatic heterocycles. The Morgan fingerprint density at radius 3 is 2.75 bits per heavy atom. The molecule has 0 spiro atoms. The molecule has 0 radical (unpaired) electrons. The molecule has 1 rings (SSSR count). The molecule has 0 heterocycles. The van der Waals surface area contributed by atoms with E-state index < -0.39 is 12.6 Å². The highest BCUT2D eigenvalue weighted by Gasteiger charge is 2.17. The number of esters is 1. The minimum Gasteiger partial charge on any atom is -0.462 e. The quantitative estimate of drug-likeness (QED) is 0.770. The van der Waals surface area contributed by atoms with Gasteiger partial charge in [-0.2, -0.15) is 8.78 Å². The Morgan fingerprint density at radius 2 is 2.19 bits per heavy atom. The third-order valence-corrected chi connectivity index (χ3v) is 1.89. The molecule has 6 heteroatoms. The fourth-order valence-corrected chi connectivity index (χ4v) is 1.24. The van der Waals surface area contributed by atoms with Gasteiger partial charge in [0.2, 0.25) is 0 Å². The van der Waals surface area contributed by atoms with Gasteiger partial charge in [0.25, 0.3) is 0 Å². The lowest BCUT2D eigenvalue weighted by Crippen LogP contribution is -2.10. The van der Waals surface area contributed by atoms with E-state index in [0.717, 1.165) is 0 Å². The van der Waals surface area contributed by atoms with Crippen molar-refractivity contribution in [3.05, 3.63) is 28.8 Å². The molecule has 0 N–H and O–H groups in total. The van der Waals surface area contributed by atoms with Crippen molar-refractivity contribution in [2.24, 2.45) is 0 Å². The number of hydrogen-bond donors (Lipinski definition) is 0. The zero-order chi connectivity index (χ0) is 12.1. The van der Waals surface area contributed by atoms with Crippen LogP contribution < -0.4 is 4.74 Å². The second-order valence-electron chi connectivity index (χ2n) is 2.74. The number of carbonyl (C=O) groups excluding carboxylic acids is 1. The number of alkyl halides is 2. The van der Waals surface area contributed by atoms with Crippen molar-refractivity contribution in [3.8, 4) is 5.75 Å². The first-order valence-electron chi connectivity index (χ1n) is 4.46. The monoisotopic (exact) mass is 250 g/mol. The standard InChI is InChI=1S/C10H9ClF2O3/c1-2-15-9(14)7-5-6(11)3-4-8(7)16-10(12)13/h3-5,10H,2H2,1H3. The Morgan fingerprint density at radius 1 is 1.50 bits per heavy atom. The van der Waals surface area contributed by atoms with E-state index in [1.807, 2.05) is 0 Å². The van der Waals surface area contributed by atoms with Crippen LogP contribution in [-0.2, 0) is 4.74 Å². The van der Waals surface area contributed by atoms with E-state index in [-0.39, 0.29) is 22.9 Å². The highest BCUT2D eigenvalue weighted by Crippen LogP contribution is 2.25. The van der Waals surface area contributed by atoms with Crippen LogP contribution in [0.3, 0.4) is 0 Å². The number of rotatable bonds is 4. The van der Waals surface area contributed by atoms with Gasteiger partial charge >= 0.3 is 12.6 Å². The zero-order valence-corrected chi connectivity index (χ0v) is 9.13. The molecule has 0 fully saturated rings. The van der Waals surface area contributed by atoms with Crippen molar-refractivity contribution in [3.63, 3.8) is 0 Å². The van der Waals surface area contributed by atoms with Crippen LogP contribution in [0.2, 0.25) is 5.02 Å². The molecule has 16 heavy (non-hydrogen) atoms. The summed E-state index contributed by atoms with van der Waals surface area (Å²) in [6.07, 6.45) is 0. The van der Waals surface area contributed by atoms with Gasteiger partial charge in [-0.05, 0) is 25.1 Å². The molecule has 88 valence electrons. The van der Waals surface area contributed by atoms with E-state index in [1.54, 1.807) is 6.92 Å². The van der Waals surface area contributed by atoms with Crippen molar-refractivity contribution in [2.45, 2.75) is 13.5 Å². The van der Waals surface area contributed by atoms with Crippen LogP contribution in [0.4, 0.5) is 8.78 Å². The molecule has 0 aliphatic carbocycles. The van der Waals surface area contributed by atoms with E-state index in [1.165, 1.54) is 18.2 Å². The topological polar surface area (TPSA) is 35.5 Å². The Bertz CT molecular complexity index is 382. The zero-order valence-electron chi connectivity index (χ0n) is 8.38. The third kappa shape index (κ3) is 3.34. The molecule has 0 atom stereocenters. The summed E-state index contributed by atoms with van der Waals surface area (Å²) >= 11 is 5.65. The van der Waals surface area contributed by atoms with Crippen molar-refractivity contribution in [1.29, 1.82) is 0 Å². The number of ether oxygens (including phenoxy) is 2. The number of carbonyl (C=O) groups is 1.